The summed E-state index contributed by atoms with van der Waals surface area (Å²) >= 11 is 0. The maximum absolute atomic E-state index is 14.3. The monoisotopic (exact) mass is 732 g/mol. The zero-order valence-corrected chi connectivity index (χ0v) is 29.1. The SMILES string of the molecule is CN(C)S(=O)(=O)N1C(=O)c2ccc(C(=O)NCc3ccc(COc4nc(N)nc5[nH]cnc45)cc3)cc2C12c1ccc(N)cc1Oc1cc(N)ccc12. The van der Waals surface area contributed by atoms with Gasteiger partial charge in [-0.3, -0.25) is 9.59 Å². The van der Waals surface area contributed by atoms with E-state index in [0.717, 1.165) is 19.7 Å². The molecule has 8 rings (SSSR count). The molecule has 0 bridgehead atoms. The van der Waals surface area contributed by atoms with Crippen LogP contribution in [0.3, 0.4) is 0 Å². The van der Waals surface area contributed by atoms with Crippen molar-refractivity contribution < 1.29 is 27.5 Å². The number of nitrogens with zero attached hydrogens (tertiary/aromatic N) is 5. The van der Waals surface area contributed by atoms with E-state index in [1.165, 1.54) is 32.6 Å². The van der Waals surface area contributed by atoms with Crippen molar-refractivity contribution in [2.75, 3.05) is 31.3 Å². The number of nitrogens with one attached hydrogen (secondary N) is 2. The second-order valence-corrected chi connectivity index (χ2v) is 14.7. The van der Waals surface area contributed by atoms with Crippen LogP contribution in [-0.2, 0) is 28.9 Å². The average Bonchev–Trinajstić information content (AvgIpc) is 3.70. The highest BCUT2D eigenvalue weighted by molar-refractivity contribution is 7.87. The largest absolute Gasteiger partial charge is 0.471 e. The Labute approximate surface area is 302 Å². The minimum absolute atomic E-state index is 0.0571. The van der Waals surface area contributed by atoms with Gasteiger partial charge in [-0.15, -0.1) is 0 Å². The summed E-state index contributed by atoms with van der Waals surface area (Å²) in [5.41, 5.74) is 20.9. The van der Waals surface area contributed by atoms with Crippen LogP contribution in [0.4, 0.5) is 17.3 Å². The molecule has 2 aliphatic rings. The van der Waals surface area contributed by atoms with Crippen molar-refractivity contribution in [2.45, 2.75) is 18.7 Å². The van der Waals surface area contributed by atoms with Gasteiger partial charge >= 0.3 is 10.2 Å². The standard InChI is InChI=1S/C36H32N10O6S/c1-45(2)53(49,50)46-34(48)24-10-7-21(13-27(24)36(46)25-11-8-22(37)14-28(25)52-29-15-23(38)9-12-26(29)36)32(47)40-16-19-3-5-20(6-4-19)17-51-33-30-31(42-18-41-30)43-35(39)44-33/h3-15,18H,16-17,37-38H2,1-2H3,(H,40,47)(H3,39,41,42,43,44). The number of hydrogen-bond acceptors (Lipinski definition) is 12. The molecule has 8 N–H and O–H groups in total. The summed E-state index contributed by atoms with van der Waals surface area (Å²) < 4.78 is 42.2. The van der Waals surface area contributed by atoms with E-state index in [2.05, 4.69) is 25.3 Å². The van der Waals surface area contributed by atoms with E-state index in [9.17, 15) is 18.0 Å². The third kappa shape index (κ3) is 5.32. The highest BCUT2D eigenvalue weighted by atomic mass is 32.2. The molecular formula is C36H32N10O6S. The summed E-state index contributed by atoms with van der Waals surface area (Å²) in [7, 11) is -1.76. The van der Waals surface area contributed by atoms with Crippen LogP contribution in [0.15, 0.2) is 85.2 Å². The van der Waals surface area contributed by atoms with Crippen molar-refractivity contribution in [3.05, 3.63) is 124 Å². The lowest BCUT2D eigenvalue weighted by molar-refractivity contribution is 0.0817. The molecule has 16 nitrogen and oxygen atoms in total. The topological polar surface area (TPSA) is 238 Å². The highest BCUT2D eigenvalue weighted by Gasteiger charge is 2.61. The molecule has 4 aromatic carbocycles. The predicted molar refractivity (Wildman–Crippen MR) is 195 cm³/mol. The van der Waals surface area contributed by atoms with Gasteiger partial charge in [-0.2, -0.15) is 22.7 Å². The third-order valence-corrected chi connectivity index (χ3v) is 11.0. The molecule has 2 aromatic heterocycles. The van der Waals surface area contributed by atoms with Crippen LogP contribution in [0, 0.1) is 0 Å². The number of anilines is 3. The number of carbonyl (C=O) groups excluding carboxylic acids is 2. The number of aromatic amines is 1. The quantitative estimate of drug-likeness (QED) is 0.142. The Morgan fingerprint density at radius 3 is 2.23 bits per heavy atom. The molecule has 268 valence electrons. The molecule has 53 heavy (non-hydrogen) atoms. The van der Waals surface area contributed by atoms with Gasteiger partial charge in [0.15, 0.2) is 11.2 Å². The number of amides is 2. The van der Waals surface area contributed by atoms with Gasteiger partial charge in [0.1, 0.15) is 23.6 Å². The van der Waals surface area contributed by atoms with E-state index >= 15 is 0 Å². The van der Waals surface area contributed by atoms with E-state index in [4.69, 9.17) is 26.7 Å². The van der Waals surface area contributed by atoms with E-state index in [1.54, 1.807) is 42.5 Å². The molecule has 2 aliphatic heterocycles. The molecule has 4 heterocycles. The second kappa shape index (κ2) is 12.2. The zero-order valence-electron chi connectivity index (χ0n) is 28.3. The Bertz CT molecular complexity index is 2540. The number of carbonyl (C=O) groups is 2. The molecule has 2 amide bonds. The van der Waals surface area contributed by atoms with Crippen LogP contribution in [0.25, 0.3) is 11.2 Å². The van der Waals surface area contributed by atoms with Gasteiger partial charge in [-0.25, -0.2) is 9.29 Å². The fraction of sp³-hybridized carbons (Fsp3) is 0.139. The lowest BCUT2D eigenvalue weighted by Gasteiger charge is -2.43. The number of benzene rings is 4. The number of nitrogen functional groups attached to an aromatic ring is 3. The fourth-order valence-corrected chi connectivity index (χ4v) is 7.99. The molecule has 0 saturated carbocycles. The molecule has 6 aromatic rings. The number of hydrogen-bond donors (Lipinski definition) is 5. The third-order valence-electron chi connectivity index (χ3n) is 9.21. The predicted octanol–water partition coefficient (Wildman–Crippen LogP) is 3.27. The van der Waals surface area contributed by atoms with Crippen LogP contribution in [0.2, 0.25) is 0 Å². The first-order valence-electron chi connectivity index (χ1n) is 16.2. The Hall–Kier alpha value is -6.72. The molecule has 0 atom stereocenters. The van der Waals surface area contributed by atoms with Gasteiger partial charge in [0.05, 0.1) is 6.33 Å². The van der Waals surface area contributed by atoms with Crippen LogP contribution in [0.1, 0.15) is 48.5 Å². The van der Waals surface area contributed by atoms with Crippen LogP contribution < -0.4 is 32.0 Å². The molecule has 0 aliphatic carbocycles. The first kappa shape index (κ1) is 33.4. The van der Waals surface area contributed by atoms with Crippen LogP contribution in [0.5, 0.6) is 17.4 Å². The van der Waals surface area contributed by atoms with E-state index in [1.807, 2.05) is 24.3 Å². The summed E-state index contributed by atoms with van der Waals surface area (Å²) in [5.74, 6) is -0.422. The molecule has 0 radical (unpaired) electrons. The summed E-state index contributed by atoms with van der Waals surface area (Å²) in [6, 6.07) is 21.5. The van der Waals surface area contributed by atoms with Gasteiger partial charge in [0, 0.05) is 72.0 Å². The minimum Gasteiger partial charge on any atom is -0.471 e. The van der Waals surface area contributed by atoms with Gasteiger partial charge in [-0.05, 0) is 41.5 Å². The fourth-order valence-electron chi connectivity index (χ4n) is 6.72. The van der Waals surface area contributed by atoms with Gasteiger partial charge in [0.2, 0.25) is 11.8 Å². The number of nitrogens with two attached hydrogens (primary N) is 3. The summed E-state index contributed by atoms with van der Waals surface area (Å²) in [5, 5.41) is 2.93. The Morgan fingerprint density at radius 2 is 1.57 bits per heavy atom. The Kier molecular flexibility index (Phi) is 7.70. The van der Waals surface area contributed by atoms with Crippen molar-refractivity contribution in [3.63, 3.8) is 0 Å². The average molecular weight is 733 g/mol. The lowest BCUT2D eigenvalue weighted by atomic mass is 9.75. The number of aromatic nitrogens is 4. The number of imidazole rings is 1. The van der Waals surface area contributed by atoms with Gasteiger partial charge in [-0.1, -0.05) is 36.4 Å². The molecule has 0 saturated heterocycles. The molecule has 0 fully saturated rings. The van der Waals surface area contributed by atoms with Gasteiger partial charge < -0.3 is 37.0 Å². The molecule has 0 unspecified atom stereocenters. The zero-order chi connectivity index (χ0) is 37.2. The normalized spacial score (nSPS) is 14.2. The van der Waals surface area contributed by atoms with Crippen LogP contribution >= 0.6 is 0 Å². The van der Waals surface area contributed by atoms with Gasteiger partial charge in [0.25, 0.3) is 11.8 Å². The molecule has 1 spiro atoms. The smallest absolute Gasteiger partial charge is 0.307 e. The minimum atomic E-state index is -4.45. The molecule has 17 heteroatoms. The van der Waals surface area contributed by atoms with Crippen molar-refractivity contribution >= 4 is 50.5 Å². The molecular weight excluding hydrogens is 701 g/mol. The van der Waals surface area contributed by atoms with Crippen molar-refractivity contribution in [1.82, 2.24) is 33.9 Å². The summed E-state index contributed by atoms with van der Waals surface area (Å²) in [4.78, 5) is 43.3. The van der Waals surface area contributed by atoms with E-state index in [0.29, 0.717) is 33.7 Å². The summed E-state index contributed by atoms with van der Waals surface area (Å²) in [6.45, 7) is 0.369. The Morgan fingerprint density at radius 1 is 0.906 bits per heavy atom. The number of fused-ring (bicyclic) bond motifs is 7. The number of rotatable bonds is 8. The lowest BCUT2D eigenvalue weighted by Crippen LogP contribution is -2.53. The second-order valence-electron chi connectivity index (χ2n) is 12.7. The first-order valence-corrected chi connectivity index (χ1v) is 17.6. The number of H-pyrrole nitrogens is 1. The first-order chi connectivity index (χ1) is 25.4. The highest BCUT2D eigenvalue weighted by Crippen LogP contribution is 2.59. The van der Waals surface area contributed by atoms with Crippen molar-refractivity contribution in [2.24, 2.45) is 0 Å². The number of ether oxygens (including phenoxy) is 2. The maximum atomic E-state index is 14.3. The van der Waals surface area contributed by atoms with E-state index in [-0.39, 0.29) is 53.2 Å². The van der Waals surface area contributed by atoms with Crippen LogP contribution in [-0.4, -0.2) is 62.9 Å². The van der Waals surface area contributed by atoms with Crippen molar-refractivity contribution in [1.29, 1.82) is 0 Å². The van der Waals surface area contributed by atoms with E-state index < -0.39 is 27.6 Å². The Balaban J connectivity index is 1.11. The summed E-state index contributed by atoms with van der Waals surface area (Å²) in [6.07, 6.45) is 1.48. The van der Waals surface area contributed by atoms with Crippen molar-refractivity contribution in [3.8, 4) is 17.4 Å². The maximum Gasteiger partial charge on any atom is 0.307 e.